The molecule has 12 heteroatoms. The van der Waals surface area contributed by atoms with Crippen LogP contribution < -0.4 is 10.3 Å². The van der Waals surface area contributed by atoms with E-state index in [4.69, 9.17) is 14.8 Å². The molecule has 0 radical (unpaired) electrons. The summed E-state index contributed by atoms with van der Waals surface area (Å²) in [6, 6.07) is 4.81. The largest absolute Gasteiger partial charge is 0.493 e. The number of sulfonamides is 1. The third kappa shape index (κ3) is 5.42. The maximum absolute atomic E-state index is 13.4. The standard InChI is InChI=1S/C25H36N6O5S/c1-5-9-20-22-23(30(4)28-20)25(33)27-24(26-22)19-14-18(10-11-21(19)36-6-2)37(34,35)31-15-17(16-31)29(3)12-7-8-13-32/h10-11,14,17,32H,5-9,12-13,15-16H2,1-4H3,(H,26,27,33). The van der Waals surface area contributed by atoms with E-state index in [0.29, 0.717) is 48.5 Å². The van der Waals surface area contributed by atoms with Crippen LogP contribution >= 0.6 is 0 Å². The number of ether oxygens (including phenoxy) is 1. The van der Waals surface area contributed by atoms with Crippen LogP contribution in [0.5, 0.6) is 5.75 Å². The Morgan fingerprint density at radius 3 is 2.68 bits per heavy atom. The fourth-order valence-corrected chi connectivity index (χ4v) is 6.15. The smallest absolute Gasteiger partial charge is 0.277 e. The van der Waals surface area contributed by atoms with Crippen molar-refractivity contribution in [3.63, 3.8) is 0 Å². The highest BCUT2D eigenvalue weighted by atomic mass is 32.2. The maximum Gasteiger partial charge on any atom is 0.277 e. The molecule has 4 rings (SSSR count). The van der Waals surface area contributed by atoms with Crippen molar-refractivity contribution in [2.75, 3.05) is 39.9 Å². The first-order chi connectivity index (χ1) is 17.7. The summed E-state index contributed by atoms with van der Waals surface area (Å²) in [5, 5.41) is 13.4. The van der Waals surface area contributed by atoms with Crippen molar-refractivity contribution in [2.45, 2.75) is 50.5 Å². The second-order valence-corrected chi connectivity index (χ2v) is 11.3. The molecule has 0 bridgehead atoms. The highest BCUT2D eigenvalue weighted by molar-refractivity contribution is 7.89. The van der Waals surface area contributed by atoms with Crippen molar-refractivity contribution in [3.8, 4) is 17.1 Å². The molecule has 1 fully saturated rings. The minimum absolute atomic E-state index is 0.120. The van der Waals surface area contributed by atoms with Gasteiger partial charge in [-0.25, -0.2) is 13.4 Å². The number of hydrogen-bond donors (Lipinski definition) is 2. The Bertz CT molecular complexity index is 1410. The number of aryl methyl sites for hydroxylation is 2. The molecule has 0 unspecified atom stereocenters. The Labute approximate surface area is 217 Å². The number of benzene rings is 1. The zero-order valence-electron chi connectivity index (χ0n) is 21.9. The lowest BCUT2D eigenvalue weighted by atomic mass is 10.1. The molecule has 3 aromatic rings. The molecule has 1 aromatic carbocycles. The number of aliphatic hydroxyl groups is 1. The van der Waals surface area contributed by atoms with Crippen LogP contribution in [0.25, 0.3) is 22.4 Å². The van der Waals surface area contributed by atoms with Gasteiger partial charge >= 0.3 is 0 Å². The number of nitrogens with zero attached hydrogens (tertiary/aromatic N) is 5. The fraction of sp³-hybridized carbons (Fsp3) is 0.560. The van der Waals surface area contributed by atoms with E-state index < -0.39 is 10.0 Å². The summed E-state index contributed by atoms with van der Waals surface area (Å²) >= 11 is 0. The van der Waals surface area contributed by atoms with Gasteiger partial charge in [0.25, 0.3) is 5.56 Å². The van der Waals surface area contributed by atoms with E-state index in [1.54, 1.807) is 13.1 Å². The summed E-state index contributed by atoms with van der Waals surface area (Å²) < 4.78 is 35.7. The van der Waals surface area contributed by atoms with Crippen LogP contribution in [0.2, 0.25) is 0 Å². The van der Waals surface area contributed by atoms with E-state index in [-0.39, 0.29) is 28.9 Å². The average Bonchev–Trinajstić information content (AvgIpc) is 3.14. The average molecular weight is 533 g/mol. The van der Waals surface area contributed by atoms with Crippen molar-refractivity contribution in [1.82, 2.24) is 29.0 Å². The summed E-state index contributed by atoms with van der Waals surface area (Å²) in [6.07, 6.45) is 3.12. The molecule has 11 nitrogen and oxygen atoms in total. The van der Waals surface area contributed by atoms with Gasteiger partial charge in [-0.2, -0.15) is 9.40 Å². The first-order valence-corrected chi connectivity index (χ1v) is 14.2. The number of nitrogens with one attached hydrogen (secondary N) is 1. The number of rotatable bonds is 12. The Kier molecular flexibility index (Phi) is 8.32. The van der Waals surface area contributed by atoms with Crippen LogP contribution in [0.1, 0.15) is 38.8 Å². The number of aliphatic hydroxyl groups excluding tert-OH is 1. The summed E-state index contributed by atoms with van der Waals surface area (Å²) in [4.78, 5) is 22.7. The van der Waals surface area contributed by atoms with Gasteiger partial charge < -0.3 is 19.7 Å². The monoisotopic (exact) mass is 532 g/mol. The van der Waals surface area contributed by atoms with Gasteiger partial charge in [0.1, 0.15) is 17.1 Å². The van der Waals surface area contributed by atoms with Crippen molar-refractivity contribution < 1.29 is 18.3 Å². The molecule has 202 valence electrons. The Balaban J connectivity index is 1.67. The highest BCUT2D eigenvalue weighted by Crippen LogP contribution is 2.33. The van der Waals surface area contributed by atoms with Gasteiger partial charge in [0.2, 0.25) is 10.0 Å². The predicted molar refractivity (Wildman–Crippen MR) is 141 cm³/mol. The van der Waals surface area contributed by atoms with Crippen molar-refractivity contribution in [2.24, 2.45) is 7.05 Å². The molecule has 3 heterocycles. The van der Waals surface area contributed by atoms with Crippen LogP contribution in [0, 0.1) is 0 Å². The molecule has 0 aliphatic carbocycles. The number of aromatic nitrogens is 4. The van der Waals surface area contributed by atoms with Gasteiger partial charge in [-0.05, 0) is 58.0 Å². The van der Waals surface area contributed by atoms with Gasteiger partial charge in [0.05, 0.1) is 22.8 Å². The molecule has 2 N–H and O–H groups in total. The van der Waals surface area contributed by atoms with Crippen LogP contribution in [-0.2, 0) is 23.5 Å². The van der Waals surface area contributed by atoms with E-state index in [0.717, 1.165) is 31.5 Å². The number of unbranched alkanes of at least 4 members (excludes halogenated alkanes) is 1. The number of H-pyrrole nitrogens is 1. The molecule has 37 heavy (non-hydrogen) atoms. The third-order valence-electron chi connectivity index (χ3n) is 6.76. The van der Waals surface area contributed by atoms with Gasteiger partial charge in [0, 0.05) is 32.8 Å². The van der Waals surface area contributed by atoms with Crippen molar-refractivity contribution in [3.05, 3.63) is 34.2 Å². The third-order valence-corrected chi connectivity index (χ3v) is 8.59. The number of fused-ring (bicyclic) bond motifs is 1. The summed E-state index contributed by atoms with van der Waals surface area (Å²) in [6.45, 7) is 6.01. The number of aromatic amines is 1. The van der Waals surface area contributed by atoms with E-state index >= 15 is 0 Å². The quantitative estimate of drug-likeness (QED) is 0.337. The van der Waals surface area contributed by atoms with Crippen LogP contribution in [0.3, 0.4) is 0 Å². The topological polar surface area (TPSA) is 134 Å². The lowest BCUT2D eigenvalue weighted by Gasteiger charge is -2.43. The van der Waals surface area contributed by atoms with Crippen molar-refractivity contribution in [1.29, 1.82) is 0 Å². The summed E-state index contributed by atoms with van der Waals surface area (Å²) in [7, 11) is -0.0603. The molecular formula is C25H36N6O5S. The highest BCUT2D eigenvalue weighted by Gasteiger charge is 2.38. The zero-order chi connectivity index (χ0) is 26.7. The molecular weight excluding hydrogens is 496 g/mol. The fourth-order valence-electron chi connectivity index (χ4n) is 4.61. The Hall–Kier alpha value is -2.80. The molecule has 0 amide bonds. The number of hydrogen-bond acceptors (Lipinski definition) is 8. The second-order valence-electron chi connectivity index (χ2n) is 9.41. The normalized spacial score (nSPS) is 15.0. The molecule has 1 aliphatic rings. The van der Waals surface area contributed by atoms with E-state index in [1.807, 2.05) is 20.9 Å². The predicted octanol–water partition coefficient (Wildman–Crippen LogP) is 1.75. The maximum atomic E-state index is 13.4. The minimum Gasteiger partial charge on any atom is -0.493 e. The first-order valence-electron chi connectivity index (χ1n) is 12.8. The zero-order valence-corrected chi connectivity index (χ0v) is 22.7. The first kappa shape index (κ1) is 27.2. The van der Waals surface area contributed by atoms with Crippen LogP contribution in [0.15, 0.2) is 27.9 Å². The molecule has 0 atom stereocenters. The summed E-state index contributed by atoms with van der Waals surface area (Å²) in [5.41, 5.74) is 1.68. The molecule has 2 aromatic heterocycles. The van der Waals surface area contributed by atoms with Crippen LogP contribution in [0.4, 0.5) is 0 Å². The second kappa shape index (κ2) is 11.3. The van der Waals surface area contributed by atoms with Crippen LogP contribution in [-0.4, -0.2) is 88.4 Å². The Morgan fingerprint density at radius 2 is 2.00 bits per heavy atom. The molecule has 0 spiro atoms. The van der Waals surface area contributed by atoms with E-state index in [9.17, 15) is 13.2 Å². The van der Waals surface area contributed by atoms with Gasteiger partial charge in [0.15, 0.2) is 5.52 Å². The number of likely N-dealkylation sites (N-methyl/N-ethyl adjacent to an activating group) is 1. The lowest BCUT2D eigenvalue weighted by Crippen LogP contribution is -2.60. The lowest BCUT2D eigenvalue weighted by molar-refractivity contribution is 0.108. The van der Waals surface area contributed by atoms with Gasteiger partial charge in [-0.1, -0.05) is 13.3 Å². The molecule has 1 saturated heterocycles. The molecule has 1 aliphatic heterocycles. The molecule has 0 saturated carbocycles. The summed E-state index contributed by atoms with van der Waals surface area (Å²) in [5.74, 6) is 0.684. The van der Waals surface area contributed by atoms with E-state index in [1.165, 1.54) is 21.1 Å². The van der Waals surface area contributed by atoms with Gasteiger partial charge in [-0.15, -0.1) is 0 Å². The van der Waals surface area contributed by atoms with E-state index in [2.05, 4.69) is 15.0 Å². The Morgan fingerprint density at radius 1 is 1.24 bits per heavy atom. The SMILES string of the molecule is CCCc1nn(C)c2c(=O)[nH]c(-c3cc(S(=O)(=O)N4CC(N(C)CCCCO)C4)ccc3OCC)nc12. The van der Waals surface area contributed by atoms with Crippen molar-refractivity contribution >= 4 is 21.1 Å². The minimum atomic E-state index is -3.75. The van der Waals surface area contributed by atoms with Gasteiger partial charge in [-0.3, -0.25) is 9.48 Å².